The first-order valence-electron chi connectivity index (χ1n) is 6.09. The van der Waals surface area contributed by atoms with Crippen LogP contribution in [-0.4, -0.2) is 21.6 Å². The standard InChI is InChI=1S/C15H12N4O/c1-19-8-5-12-10(3-6-17-14(12)19)11-4-7-18-15(20-2)13(11)9-16/h3-8H,1-2H3. The van der Waals surface area contributed by atoms with E-state index in [0.717, 1.165) is 22.2 Å². The Hall–Kier alpha value is -2.87. The number of hydrogen-bond acceptors (Lipinski definition) is 4. The summed E-state index contributed by atoms with van der Waals surface area (Å²) in [7, 11) is 3.45. The summed E-state index contributed by atoms with van der Waals surface area (Å²) >= 11 is 0. The maximum Gasteiger partial charge on any atom is 0.232 e. The Kier molecular flexibility index (Phi) is 2.84. The van der Waals surface area contributed by atoms with E-state index >= 15 is 0 Å². The molecule has 3 heterocycles. The molecule has 98 valence electrons. The van der Waals surface area contributed by atoms with Crippen LogP contribution >= 0.6 is 0 Å². The number of ether oxygens (including phenoxy) is 1. The van der Waals surface area contributed by atoms with Gasteiger partial charge in [-0.2, -0.15) is 5.26 Å². The molecule has 0 saturated carbocycles. The minimum atomic E-state index is 0.339. The molecule has 0 N–H and O–H groups in total. The van der Waals surface area contributed by atoms with Crippen LogP contribution in [0.2, 0.25) is 0 Å². The lowest BCUT2D eigenvalue weighted by atomic mass is 10.0. The van der Waals surface area contributed by atoms with E-state index in [0.29, 0.717) is 11.4 Å². The molecule has 0 unspecified atom stereocenters. The van der Waals surface area contributed by atoms with Gasteiger partial charge in [0, 0.05) is 36.6 Å². The third-order valence-corrected chi connectivity index (χ3v) is 3.28. The van der Waals surface area contributed by atoms with E-state index in [1.807, 2.05) is 36.0 Å². The number of nitrogens with zero attached hydrogens (tertiary/aromatic N) is 4. The number of fused-ring (bicyclic) bond motifs is 1. The Bertz CT molecular complexity index is 829. The number of aromatic nitrogens is 3. The van der Waals surface area contributed by atoms with E-state index in [2.05, 4.69) is 16.0 Å². The summed E-state index contributed by atoms with van der Waals surface area (Å²) in [4.78, 5) is 8.43. The van der Waals surface area contributed by atoms with Gasteiger partial charge >= 0.3 is 0 Å². The molecule has 0 radical (unpaired) electrons. The van der Waals surface area contributed by atoms with Crippen molar-refractivity contribution in [2.24, 2.45) is 7.05 Å². The Balaban J connectivity index is 2.35. The van der Waals surface area contributed by atoms with Gasteiger partial charge in [-0.15, -0.1) is 0 Å². The lowest BCUT2D eigenvalue weighted by molar-refractivity contribution is 0.397. The van der Waals surface area contributed by atoms with Crippen LogP contribution in [0.3, 0.4) is 0 Å². The van der Waals surface area contributed by atoms with E-state index < -0.39 is 0 Å². The van der Waals surface area contributed by atoms with Crippen LogP contribution in [0.4, 0.5) is 0 Å². The van der Waals surface area contributed by atoms with Crippen LogP contribution in [0.25, 0.3) is 22.2 Å². The molecule has 0 aliphatic heterocycles. The predicted molar refractivity (Wildman–Crippen MR) is 75.2 cm³/mol. The molecular weight excluding hydrogens is 252 g/mol. The molecule has 0 amide bonds. The fraction of sp³-hybridized carbons (Fsp3) is 0.133. The van der Waals surface area contributed by atoms with Gasteiger partial charge in [-0.3, -0.25) is 0 Å². The number of nitriles is 1. The van der Waals surface area contributed by atoms with Crippen LogP contribution < -0.4 is 4.74 Å². The van der Waals surface area contributed by atoms with Gasteiger partial charge in [-0.05, 0) is 23.8 Å². The average Bonchev–Trinajstić information content (AvgIpc) is 2.88. The first-order chi connectivity index (χ1) is 9.76. The Morgan fingerprint density at radius 3 is 2.65 bits per heavy atom. The molecule has 0 fully saturated rings. The molecular formula is C15H12N4O. The van der Waals surface area contributed by atoms with Gasteiger partial charge in [0.15, 0.2) is 0 Å². The van der Waals surface area contributed by atoms with Crippen LogP contribution in [-0.2, 0) is 7.05 Å². The molecule has 20 heavy (non-hydrogen) atoms. The quantitative estimate of drug-likeness (QED) is 0.713. The molecule has 0 saturated heterocycles. The second kappa shape index (κ2) is 4.67. The molecule has 0 aliphatic carbocycles. The number of hydrogen-bond donors (Lipinski definition) is 0. The van der Waals surface area contributed by atoms with Crippen LogP contribution in [0.5, 0.6) is 5.88 Å². The number of aryl methyl sites for hydroxylation is 1. The summed E-state index contributed by atoms with van der Waals surface area (Å²) in [5.74, 6) is 0.339. The zero-order valence-electron chi connectivity index (χ0n) is 11.2. The van der Waals surface area contributed by atoms with Gasteiger partial charge in [0.1, 0.15) is 17.3 Å². The summed E-state index contributed by atoms with van der Waals surface area (Å²) < 4.78 is 7.11. The molecule has 0 atom stereocenters. The van der Waals surface area contributed by atoms with Crippen molar-refractivity contribution in [3.05, 3.63) is 42.4 Å². The minimum absolute atomic E-state index is 0.339. The van der Waals surface area contributed by atoms with Gasteiger partial charge in [0.25, 0.3) is 0 Å². The van der Waals surface area contributed by atoms with Crippen LogP contribution in [0.15, 0.2) is 36.8 Å². The van der Waals surface area contributed by atoms with Gasteiger partial charge in [-0.25, -0.2) is 9.97 Å². The Morgan fingerprint density at radius 2 is 1.90 bits per heavy atom. The fourth-order valence-corrected chi connectivity index (χ4v) is 2.33. The maximum absolute atomic E-state index is 9.38. The van der Waals surface area contributed by atoms with Crippen molar-refractivity contribution in [1.29, 1.82) is 5.26 Å². The van der Waals surface area contributed by atoms with Gasteiger partial charge < -0.3 is 9.30 Å². The number of rotatable bonds is 2. The van der Waals surface area contributed by atoms with Crippen LogP contribution in [0.1, 0.15) is 5.56 Å². The molecule has 3 aromatic rings. The molecule has 0 spiro atoms. The van der Waals surface area contributed by atoms with Crippen molar-refractivity contribution in [3.63, 3.8) is 0 Å². The number of methoxy groups -OCH3 is 1. The van der Waals surface area contributed by atoms with Crippen molar-refractivity contribution in [2.75, 3.05) is 7.11 Å². The van der Waals surface area contributed by atoms with Crippen molar-refractivity contribution in [1.82, 2.24) is 14.5 Å². The monoisotopic (exact) mass is 264 g/mol. The summed E-state index contributed by atoms with van der Waals surface area (Å²) in [6.07, 6.45) is 5.33. The molecule has 0 aromatic carbocycles. The molecule has 3 rings (SSSR count). The van der Waals surface area contributed by atoms with Crippen molar-refractivity contribution in [3.8, 4) is 23.1 Å². The maximum atomic E-state index is 9.38. The molecule has 5 heteroatoms. The second-order valence-electron chi connectivity index (χ2n) is 4.38. The third kappa shape index (κ3) is 1.70. The first-order valence-corrected chi connectivity index (χ1v) is 6.09. The van der Waals surface area contributed by atoms with E-state index in [1.165, 1.54) is 7.11 Å². The third-order valence-electron chi connectivity index (χ3n) is 3.28. The summed E-state index contributed by atoms with van der Waals surface area (Å²) in [5, 5.41) is 10.4. The lowest BCUT2D eigenvalue weighted by Gasteiger charge is -2.08. The molecule has 3 aromatic heterocycles. The first kappa shape index (κ1) is 12.2. The van der Waals surface area contributed by atoms with E-state index in [1.54, 1.807) is 12.4 Å². The highest BCUT2D eigenvalue weighted by Crippen LogP contribution is 2.32. The van der Waals surface area contributed by atoms with Crippen LogP contribution in [0, 0.1) is 11.3 Å². The highest BCUT2D eigenvalue weighted by atomic mass is 16.5. The SMILES string of the molecule is COc1nccc(-c2ccnc3c2ccn3C)c1C#N. The van der Waals surface area contributed by atoms with Crippen molar-refractivity contribution in [2.45, 2.75) is 0 Å². The Morgan fingerprint density at radius 1 is 1.15 bits per heavy atom. The fourth-order valence-electron chi connectivity index (χ4n) is 2.33. The smallest absolute Gasteiger partial charge is 0.232 e. The summed E-state index contributed by atoms with van der Waals surface area (Å²) in [6.45, 7) is 0. The highest BCUT2D eigenvalue weighted by molar-refractivity contribution is 5.95. The Labute approximate surface area is 116 Å². The van der Waals surface area contributed by atoms with Crippen molar-refractivity contribution >= 4 is 11.0 Å². The number of pyridine rings is 2. The lowest BCUT2D eigenvalue weighted by Crippen LogP contribution is -1.95. The normalized spacial score (nSPS) is 10.4. The second-order valence-corrected chi connectivity index (χ2v) is 4.38. The molecule has 0 aliphatic rings. The zero-order valence-corrected chi connectivity index (χ0v) is 11.2. The largest absolute Gasteiger partial charge is 0.480 e. The molecule has 0 bridgehead atoms. The van der Waals surface area contributed by atoms with E-state index in [4.69, 9.17) is 4.74 Å². The molecule has 5 nitrogen and oxygen atoms in total. The zero-order chi connectivity index (χ0) is 14.1. The minimum Gasteiger partial charge on any atom is -0.480 e. The summed E-state index contributed by atoms with van der Waals surface area (Å²) in [6, 6.07) is 7.89. The highest BCUT2D eigenvalue weighted by Gasteiger charge is 2.15. The predicted octanol–water partition coefficient (Wildman–Crippen LogP) is 2.52. The summed E-state index contributed by atoms with van der Waals surface area (Å²) in [5.41, 5.74) is 3.07. The van der Waals surface area contributed by atoms with Gasteiger partial charge in [0.05, 0.1) is 7.11 Å². The van der Waals surface area contributed by atoms with E-state index in [-0.39, 0.29) is 0 Å². The van der Waals surface area contributed by atoms with Gasteiger partial charge in [0.2, 0.25) is 5.88 Å². The van der Waals surface area contributed by atoms with Gasteiger partial charge in [-0.1, -0.05) is 0 Å². The van der Waals surface area contributed by atoms with E-state index in [9.17, 15) is 5.26 Å². The topological polar surface area (TPSA) is 63.7 Å². The average molecular weight is 264 g/mol. The van der Waals surface area contributed by atoms with Crippen molar-refractivity contribution < 1.29 is 4.74 Å².